The van der Waals surface area contributed by atoms with E-state index in [2.05, 4.69) is 104 Å². The number of benzene rings is 2. The van der Waals surface area contributed by atoms with Gasteiger partial charge in [0.15, 0.2) is 5.11 Å². The summed E-state index contributed by atoms with van der Waals surface area (Å²) in [5.41, 5.74) is 7.00. The van der Waals surface area contributed by atoms with Crippen LogP contribution in [0.25, 0.3) is 5.69 Å². The minimum absolute atomic E-state index is 0.0232. The van der Waals surface area contributed by atoms with E-state index in [0.717, 1.165) is 27.5 Å². The summed E-state index contributed by atoms with van der Waals surface area (Å²) in [6, 6.07) is 27.2. The van der Waals surface area contributed by atoms with Crippen LogP contribution in [0, 0.1) is 13.8 Å². The molecule has 4 aromatic rings. The van der Waals surface area contributed by atoms with Crippen LogP contribution in [-0.2, 0) is 6.54 Å². The zero-order chi connectivity index (χ0) is 22.9. The van der Waals surface area contributed by atoms with Crippen LogP contribution in [0.1, 0.15) is 40.3 Å². The number of aromatic nitrogens is 2. The molecular formula is C27H25BrN4S. The Morgan fingerprint density at radius 2 is 1.70 bits per heavy atom. The number of nitrogens with one attached hydrogen (secondary N) is 1. The van der Waals surface area contributed by atoms with Crippen molar-refractivity contribution >= 4 is 33.3 Å². The smallest absolute Gasteiger partial charge is 0.170 e. The number of para-hydroxylation sites is 1. The Hall–Kier alpha value is -2.96. The highest BCUT2D eigenvalue weighted by Crippen LogP contribution is 2.42. The molecule has 0 spiro atoms. The average molecular weight is 517 g/mol. The molecule has 3 heterocycles. The Labute approximate surface area is 208 Å². The quantitative estimate of drug-likeness (QED) is 0.310. The van der Waals surface area contributed by atoms with Crippen molar-refractivity contribution in [3.8, 4) is 5.69 Å². The lowest BCUT2D eigenvalue weighted by Gasteiger charge is -2.28. The van der Waals surface area contributed by atoms with Gasteiger partial charge in [-0.25, -0.2) is 0 Å². The van der Waals surface area contributed by atoms with Gasteiger partial charge in [-0.05, 0) is 83.5 Å². The van der Waals surface area contributed by atoms with Gasteiger partial charge in [0.2, 0.25) is 0 Å². The molecule has 5 rings (SSSR count). The Kier molecular flexibility index (Phi) is 6.04. The molecule has 1 N–H and O–H groups in total. The number of halogens is 1. The maximum absolute atomic E-state index is 5.86. The second-order valence-corrected chi connectivity index (χ2v) is 9.59. The number of thiocarbonyl (C=S) groups is 1. The zero-order valence-corrected chi connectivity index (χ0v) is 21.0. The molecule has 4 nitrogen and oxygen atoms in total. The van der Waals surface area contributed by atoms with E-state index in [9.17, 15) is 0 Å². The Morgan fingerprint density at radius 1 is 0.970 bits per heavy atom. The van der Waals surface area contributed by atoms with E-state index in [-0.39, 0.29) is 12.1 Å². The summed E-state index contributed by atoms with van der Waals surface area (Å²) in [4.78, 5) is 6.98. The molecule has 0 radical (unpaired) electrons. The van der Waals surface area contributed by atoms with Crippen LogP contribution in [0.5, 0.6) is 0 Å². The number of pyridine rings is 1. The summed E-state index contributed by atoms with van der Waals surface area (Å²) in [6.45, 7) is 5.09. The number of hydrogen-bond donors (Lipinski definition) is 1. The summed E-state index contributed by atoms with van der Waals surface area (Å²) in [6.07, 6.45) is 1.85. The van der Waals surface area contributed by atoms with Gasteiger partial charge < -0.3 is 14.8 Å². The lowest BCUT2D eigenvalue weighted by atomic mass is 9.96. The lowest BCUT2D eigenvalue weighted by molar-refractivity contribution is 0.310. The van der Waals surface area contributed by atoms with E-state index < -0.39 is 0 Å². The van der Waals surface area contributed by atoms with E-state index in [1.807, 2.05) is 30.5 Å². The fraction of sp³-hybridized carbons (Fsp3) is 0.185. The molecule has 1 aliphatic heterocycles. The van der Waals surface area contributed by atoms with Gasteiger partial charge >= 0.3 is 0 Å². The number of aryl methyl sites for hydroxylation is 1. The van der Waals surface area contributed by atoms with Crippen LogP contribution in [0.3, 0.4) is 0 Å². The highest BCUT2D eigenvalue weighted by molar-refractivity contribution is 9.10. The Bertz CT molecular complexity index is 1290. The Morgan fingerprint density at radius 3 is 2.42 bits per heavy atom. The predicted octanol–water partition coefficient (Wildman–Crippen LogP) is 6.42. The van der Waals surface area contributed by atoms with Gasteiger partial charge in [0.05, 0.1) is 23.5 Å². The van der Waals surface area contributed by atoms with Crippen LogP contribution in [-0.4, -0.2) is 19.6 Å². The van der Waals surface area contributed by atoms with E-state index in [1.54, 1.807) is 0 Å². The van der Waals surface area contributed by atoms with Crippen molar-refractivity contribution in [1.82, 2.24) is 19.8 Å². The van der Waals surface area contributed by atoms with Gasteiger partial charge in [-0.15, -0.1) is 0 Å². The van der Waals surface area contributed by atoms with Gasteiger partial charge in [-0.1, -0.05) is 48.5 Å². The minimum Gasteiger partial charge on any atom is -0.352 e. The van der Waals surface area contributed by atoms with Crippen LogP contribution < -0.4 is 5.32 Å². The molecule has 0 bridgehead atoms. The first-order chi connectivity index (χ1) is 16.0. The van der Waals surface area contributed by atoms with Gasteiger partial charge in [0.1, 0.15) is 0 Å². The van der Waals surface area contributed by atoms with Crippen molar-refractivity contribution < 1.29 is 0 Å². The molecule has 1 aliphatic rings. The van der Waals surface area contributed by atoms with Crippen LogP contribution in [0.2, 0.25) is 0 Å². The standard InChI is InChI=1S/C27H25BrN4S/c1-18-16-21(19(2)32(18)24-14-7-6-12-22(24)28)26-25(23-13-8-9-15-29-23)30-27(33)31(26)17-20-10-4-3-5-11-20/h3-16,25-26H,17H2,1-2H3,(H,30,33). The Balaban J connectivity index is 1.63. The highest BCUT2D eigenvalue weighted by Gasteiger charge is 2.41. The molecule has 2 aromatic carbocycles. The summed E-state index contributed by atoms with van der Waals surface area (Å²) in [5.74, 6) is 0. The first-order valence-corrected chi connectivity index (χ1v) is 12.2. The molecule has 2 atom stereocenters. The second-order valence-electron chi connectivity index (χ2n) is 8.35. The first-order valence-electron chi connectivity index (χ1n) is 11.0. The van der Waals surface area contributed by atoms with Crippen LogP contribution >= 0.6 is 28.1 Å². The van der Waals surface area contributed by atoms with Crippen molar-refractivity contribution in [3.05, 3.63) is 118 Å². The molecule has 2 unspecified atom stereocenters. The average Bonchev–Trinajstić information content (AvgIpc) is 3.30. The fourth-order valence-corrected chi connectivity index (χ4v) is 5.55. The van der Waals surface area contributed by atoms with E-state index >= 15 is 0 Å². The normalized spacial score (nSPS) is 17.9. The maximum atomic E-state index is 5.86. The predicted molar refractivity (Wildman–Crippen MR) is 140 cm³/mol. The molecule has 0 amide bonds. The first kappa shape index (κ1) is 21.9. The molecule has 1 saturated heterocycles. The van der Waals surface area contributed by atoms with Crippen molar-refractivity contribution in [1.29, 1.82) is 0 Å². The van der Waals surface area contributed by atoms with Gasteiger partial charge in [-0.3, -0.25) is 4.98 Å². The highest BCUT2D eigenvalue weighted by atomic mass is 79.9. The van der Waals surface area contributed by atoms with Gasteiger partial charge in [0, 0.05) is 28.6 Å². The largest absolute Gasteiger partial charge is 0.352 e. The third-order valence-electron chi connectivity index (χ3n) is 6.28. The van der Waals surface area contributed by atoms with Crippen LogP contribution in [0.4, 0.5) is 0 Å². The summed E-state index contributed by atoms with van der Waals surface area (Å²) >= 11 is 9.60. The SMILES string of the molecule is Cc1cc(C2C(c3ccccn3)NC(=S)N2Cc2ccccc2)c(C)n1-c1ccccc1Br. The fourth-order valence-electron chi connectivity index (χ4n) is 4.79. The monoisotopic (exact) mass is 516 g/mol. The molecule has 0 aliphatic carbocycles. The van der Waals surface area contributed by atoms with Crippen molar-refractivity contribution in [2.75, 3.05) is 0 Å². The summed E-state index contributed by atoms with van der Waals surface area (Å²) < 4.78 is 3.39. The van der Waals surface area contributed by atoms with Gasteiger partial charge in [-0.2, -0.15) is 0 Å². The van der Waals surface area contributed by atoms with Gasteiger partial charge in [0.25, 0.3) is 0 Å². The molecule has 166 valence electrons. The molecule has 1 fully saturated rings. The lowest BCUT2D eigenvalue weighted by Crippen LogP contribution is -2.29. The molecule has 6 heteroatoms. The topological polar surface area (TPSA) is 33.1 Å². The summed E-state index contributed by atoms with van der Waals surface area (Å²) in [5, 5.41) is 4.33. The molecular weight excluding hydrogens is 492 g/mol. The maximum Gasteiger partial charge on any atom is 0.170 e. The second kappa shape index (κ2) is 9.12. The third kappa shape index (κ3) is 4.09. The van der Waals surface area contributed by atoms with E-state index in [4.69, 9.17) is 12.2 Å². The zero-order valence-electron chi connectivity index (χ0n) is 18.6. The van der Waals surface area contributed by atoms with Crippen molar-refractivity contribution in [2.24, 2.45) is 0 Å². The number of hydrogen-bond acceptors (Lipinski definition) is 2. The van der Waals surface area contributed by atoms with Crippen molar-refractivity contribution in [3.63, 3.8) is 0 Å². The van der Waals surface area contributed by atoms with Crippen molar-refractivity contribution in [2.45, 2.75) is 32.5 Å². The van der Waals surface area contributed by atoms with E-state index in [1.165, 1.54) is 22.5 Å². The van der Waals surface area contributed by atoms with Crippen LogP contribution in [0.15, 0.2) is 89.5 Å². The third-order valence-corrected chi connectivity index (χ3v) is 7.30. The molecule has 2 aromatic heterocycles. The molecule has 33 heavy (non-hydrogen) atoms. The molecule has 0 saturated carbocycles. The minimum atomic E-state index is -0.0319. The number of rotatable bonds is 5. The van der Waals surface area contributed by atoms with E-state index in [0.29, 0.717) is 0 Å². The number of nitrogens with zero attached hydrogens (tertiary/aromatic N) is 3. The summed E-state index contributed by atoms with van der Waals surface area (Å²) in [7, 11) is 0.